The molecule has 2 heterocycles. The molecule has 0 saturated heterocycles. The summed E-state index contributed by atoms with van der Waals surface area (Å²) in [4.78, 5) is 21.4. The Labute approximate surface area is 116 Å². The molecule has 6 heteroatoms. The Morgan fingerprint density at radius 3 is 2.50 bits per heavy atom. The lowest BCUT2D eigenvalue weighted by Crippen LogP contribution is -2.30. The molecule has 1 aliphatic heterocycles. The van der Waals surface area contributed by atoms with Crippen LogP contribution in [0.3, 0.4) is 0 Å². The molecule has 0 bridgehead atoms. The van der Waals surface area contributed by atoms with Crippen LogP contribution < -0.4 is 19.9 Å². The fourth-order valence-corrected chi connectivity index (χ4v) is 2.35. The van der Waals surface area contributed by atoms with Gasteiger partial charge in [0.25, 0.3) is 5.56 Å². The minimum Gasteiger partial charge on any atom is -0.486 e. The quantitative estimate of drug-likeness (QED) is 0.920. The van der Waals surface area contributed by atoms with E-state index in [1.807, 2.05) is 24.8 Å². The molecule has 0 unspecified atom stereocenters. The smallest absolute Gasteiger partial charge is 0.291 e. The van der Waals surface area contributed by atoms with Crippen LogP contribution in [-0.4, -0.2) is 36.3 Å². The van der Waals surface area contributed by atoms with E-state index in [0.29, 0.717) is 41.6 Å². The van der Waals surface area contributed by atoms with Gasteiger partial charge in [-0.15, -0.1) is 0 Å². The largest absolute Gasteiger partial charge is 0.486 e. The van der Waals surface area contributed by atoms with Crippen molar-refractivity contribution in [3.8, 4) is 11.5 Å². The first kappa shape index (κ1) is 12.8. The van der Waals surface area contributed by atoms with Crippen LogP contribution in [0.1, 0.15) is 13.8 Å². The molecule has 1 aromatic heterocycles. The fraction of sp³-hybridized carbons (Fsp3) is 0.429. The van der Waals surface area contributed by atoms with Crippen LogP contribution in [0.4, 0.5) is 5.82 Å². The van der Waals surface area contributed by atoms with E-state index in [9.17, 15) is 4.79 Å². The van der Waals surface area contributed by atoms with Crippen LogP contribution >= 0.6 is 0 Å². The summed E-state index contributed by atoms with van der Waals surface area (Å²) in [5.74, 6) is 1.77. The van der Waals surface area contributed by atoms with E-state index >= 15 is 0 Å². The van der Waals surface area contributed by atoms with Gasteiger partial charge >= 0.3 is 0 Å². The fourth-order valence-electron chi connectivity index (χ4n) is 2.35. The number of hydrogen-bond acceptors (Lipinski definition) is 5. The maximum Gasteiger partial charge on any atom is 0.291 e. The van der Waals surface area contributed by atoms with Crippen molar-refractivity contribution in [1.29, 1.82) is 0 Å². The minimum absolute atomic E-state index is 0.183. The number of benzene rings is 1. The van der Waals surface area contributed by atoms with Gasteiger partial charge in [0.15, 0.2) is 17.3 Å². The Morgan fingerprint density at radius 1 is 1.20 bits per heavy atom. The van der Waals surface area contributed by atoms with Crippen molar-refractivity contribution < 1.29 is 9.47 Å². The summed E-state index contributed by atoms with van der Waals surface area (Å²) in [5, 5.41) is 0. The third-order valence-electron chi connectivity index (χ3n) is 3.40. The van der Waals surface area contributed by atoms with Crippen LogP contribution in [0, 0.1) is 0 Å². The SMILES string of the molecule is CCN(CC)c1nc2cc3c(cc2[nH]c1=O)OCCO3. The van der Waals surface area contributed by atoms with Crippen molar-refractivity contribution in [3.05, 3.63) is 22.5 Å². The molecule has 20 heavy (non-hydrogen) atoms. The molecule has 0 radical (unpaired) electrons. The number of aromatic nitrogens is 2. The number of H-pyrrole nitrogens is 1. The van der Waals surface area contributed by atoms with Gasteiger partial charge in [0.1, 0.15) is 13.2 Å². The first-order chi connectivity index (χ1) is 9.72. The highest BCUT2D eigenvalue weighted by molar-refractivity contribution is 5.80. The monoisotopic (exact) mass is 275 g/mol. The Bertz CT molecular complexity index is 692. The first-order valence-corrected chi connectivity index (χ1v) is 6.81. The van der Waals surface area contributed by atoms with Crippen LogP contribution in [0.15, 0.2) is 16.9 Å². The molecule has 1 aliphatic rings. The zero-order chi connectivity index (χ0) is 14.1. The normalized spacial score (nSPS) is 13.5. The minimum atomic E-state index is -0.183. The molecule has 6 nitrogen and oxygen atoms in total. The highest BCUT2D eigenvalue weighted by Crippen LogP contribution is 2.33. The van der Waals surface area contributed by atoms with E-state index in [-0.39, 0.29) is 5.56 Å². The second-order valence-electron chi connectivity index (χ2n) is 4.57. The van der Waals surface area contributed by atoms with Crippen molar-refractivity contribution in [2.24, 2.45) is 0 Å². The van der Waals surface area contributed by atoms with E-state index in [2.05, 4.69) is 9.97 Å². The van der Waals surface area contributed by atoms with Gasteiger partial charge in [-0.3, -0.25) is 4.79 Å². The summed E-state index contributed by atoms with van der Waals surface area (Å²) in [5.41, 5.74) is 1.18. The molecule has 0 amide bonds. The molecule has 2 aromatic rings. The average Bonchev–Trinajstić information content (AvgIpc) is 2.47. The third-order valence-corrected chi connectivity index (χ3v) is 3.40. The van der Waals surface area contributed by atoms with Gasteiger partial charge in [-0.05, 0) is 13.8 Å². The van der Waals surface area contributed by atoms with Gasteiger partial charge in [0.05, 0.1) is 11.0 Å². The van der Waals surface area contributed by atoms with Gasteiger partial charge in [0.2, 0.25) is 0 Å². The number of nitrogens with zero attached hydrogens (tertiary/aromatic N) is 2. The average molecular weight is 275 g/mol. The molecule has 0 saturated carbocycles. The van der Waals surface area contributed by atoms with Crippen LogP contribution in [0.25, 0.3) is 11.0 Å². The number of hydrogen-bond donors (Lipinski definition) is 1. The lowest BCUT2D eigenvalue weighted by Gasteiger charge is -2.20. The number of rotatable bonds is 3. The van der Waals surface area contributed by atoms with Gasteiger partial charge in [-0.1, -0.05) is 0 Å². The lowest BCUT2D eigenvalue weighted by atomic mass is 10.2. The second-order valence-corrected chi connectivity index (χ2v) is 4.57. The summed E-state index contributed by atoms with van der Waals surface area (Å²) >= 11 is 0. The Kier molecular flexibility index (Phi) is 3.22. The molecule has 0 aliphatic carbocycles. The summed E-state index contributed by atoms with van der Waals surface area (Å²) in [6.07, 6.45) is 0. The van der Waals surface area contributed by atoms with Crippen molar-refractivity contribution in [3.63, 3.8) is 0 Å². The van der Waals surface area contributed by atoms with E-state index in [4.69, 9.17) is 9.47 Å². The summed E-state index contributed by atoms with van der Waals surface area (Å²) in [7, 11) is 0. The molecule has 1 N–H and O–H groups in total. The Morgan fingerprint density at radius 2 is 1.85 bits per heavy atom. The molecular weight excluding hydrogens is 258 g/mol. The van der Waals surface area contributed by atoms with Crippen LogP contribution in [0.5, 0.6) is 11.5 Å². The number of anilines is 1. The summed E-state index contributed by atoms with van der Waals surface area (Å²) < 4.78 is 11.1. The zero-order valence-electron chi connectivity index (χ0n) is 11.6. The zero-order valence-corrected chi connectivity index (χ0v) is 11.6. The van der Waals surface area contributed by atoms with Crippen LogP contribution in [-0.2, 0) is 0 Å². The molecular formula is C14H17N3O3. The van der Waals surface area contributed by atoms with Crippen molar-refractivity contribution >= 4 is 16.9 Å². The van der Waals surface area contributed by atoms with E-state index in [1.54, 1.807) is 6.07 Å². The van der Waals surface area contributed by atoms with Crippen molar-refractivity contribution in [2.45, 2.75) is 13.8 Å². The number of fused-ring (bicyclic) bond motifs is 2. The Balaban J connectivity index is 2.17. The highest BCUT2D eigenvalue weighted by Gasteiger charge is 2.16. The molecule has 3 rings (SSSR count). The maximum atomic E-state index is 12.1. The summed E-state index contributed by atoms with van der Waals surface area (Å²) in [6.45, 7) is 6.53. The Hall–Kier alpha value is -2.24. The topological polar surface area (TPSA) is 67.5 Å². The van der Waals surface area contributed by atoms with Gasteiger partial charge in [-0.25, -0.2) is 4.98 Å². The van der Waals surface area contributed by atoms with Gasteiger partial charge < -0.3 is 19.4 Å². The maximum absolute atomic E-state index is 12.1. The standard InChI is InChI=1S/C14H17N3O3/c1-3-17(4-2)13-14(18)16-10-8-12-11(7-9(10)15-13)19-5-6-20-12/h7-8H,3-6H2,1-2H3,(H,16,18). The summed E-state index contributed by atoms with van der Waals surface area (Å²) in [6, 6.07) is 3.58. The van der Waals surface area contributed by atoms with E-state index in [1.165, 1.54) is 0 Å². The molecule has 0 fully saturated rings. The van der Waals surface area contributed by atoms with Crippen LogP contribution in [0.2, 0.25) is 0 Å². The van der Waals surface area contributed by atoms with Crippen molar-refractivity contribution in [1.82, 2.24) is 9.97 Å². The molecule has 0 atom stereocenters. The van der Waals surface area contributed by atoms with Crippen molar-refractivity contribution in [2.75, 3.05) is 31.2 Å². The number of nitrogens with one attached hydrogen (secondary N) is 1. The second kappa shape index (κ2) is 5.03. The lowest BCUT2D eigenvalue weighted by molar-refractivity contribution is 0.172. The first-order valence-electron chi connectivity index (χ1n) is 6.81. The number of aromatic amines is 1. The van der Waals surface area contributed by atoms with E-state index < -0.39 is 0 Å². The predicted molar refractivity (Wildman–Crippen MR) is 76.9 cm³/mol. The number of ether oxygens (including phenoxy) is 2. The molecule has 0 spiro atoms. The molecule has 106 valence electrons. The van der Waals surface area contributed by atoms with Gasteiger partial charge in [0, 0.05) is 25.2 Å². The third kappa shape index (κ3) is 2.07. The molecule has 1 aromatic carbocycles. The van der Waals surface area contributed by atoms with Gasteiger partial charge in [-0.2, -0.15) is 0 Å². The van der Waals surface area contributed by atoms with E-state index in [0.717, 1.165) is 13.1 Å². The highest BCUT2D eigenvalue weighted by atomic mass is 16.6. The predicted octanol–water partition coefficient (Wildman–Crippen LogP) is 1.54.